The van der Waals surface area contributed by atoms with Gasteiger partial charge in [0.25, 0.3) is 0 Å². The first kappa shape index (κ1) is 12.7. The average Bonchev–Trinajstić information content (AvgIpc) is 2.17. The van der Waals surface area contributed by atoms with E-state index >= 15 is 0 Å². The minimum atomic E-state index is -3.44. The number of carboxylic acid groups (broad SMARTS) is 1. The molecule has 0 saturated carbocycles. The maximum Gasteiger partial charge on any atom is 0.312 e. The first-order valence-corrected chi connectivity index (χ1v) is 6.49. The molecule has 6 heteroatoms. The van der Waals surface area contributed by atoms with Crippen molar-refractivity contribution in [2.24, 2.45) is 5.73 Å². The molecule has 0 saturated heterocycles. The van der Waals surface area contributed by atoms with Gasteiger partial charge in [-0.2, -0.15) is 0 Å². The number of aliphatic carboxylic acids is 1. The molecule has 0 aromatic heterocycles. The molecule has 0 spiro atoms. The molecular formula is C10H13NO4S. The van der Waals surface area contributed by atoms with E-state index in [-0.39, 0.29) is 17.0 Å². The van der Waals surface area contributed by atoms with Crippen molar-refractivity contribution in [2.45, 2.75) is 10.8 Å². The highest BCUT2D eigenvalue weighted by atomic mass is 32.2. The molecule has 0 heterocycles. The lowest BCUT2D eigenvalue weighted by Gasteiger charge is -2.13. The van der Waals surface area contributed by atoms with Gasteiger partial charge in [0.05, 0.1) is 10.8 Å². The Bertz CT molecular complexity index is 495. The molecule has 16 heavy (non-hydrogen) atoms. The molecule has 1 aromatic carbocycles. The van der Waals surface area contributed by atoms with Crippen LogP contribution in [-0.4, -0.2) is 32.3 Å². The average molecular weight is 243 g/mol. The van der Waals surface area contributed by atoms with E-state index in [1.165, 1.54) is 12.1 Å². The third-order valence-electron chi connectivity index (χ3n) is 2.23. The van der Waals surface area contributed by atoms with Gasteiger partial charge in [-0.3, -0.25) is 4.79 Å². The Kier molecular flexibility index (Phi) is 3.66. The molecule has 1 atom stereocenters. The molecule has 0 radical (unpaired) electrons. The molecule has 0 aliphatic carbocycles. The summed E-state index contributed by atoms with van der Waals surface area (Å²) in [7, 11) is -3.44. The Labute approximate surface area is 93.8 Å². The zero-order valence-corrected chi connectivity index (χ0v) is 9.57. The van der Waals surface area contributed by atoms with Gasteiger partial charge in [0.2, 0.25) is 0 Å². The molecule has 0 bridgehead atoms. The summed E-state index contributed by atoms with van der Waals surface area (Å²) < 4.78 is 22.9. The second kappa shape index (κ2) is 4.63. The summed E-state index contributed by atoms with van der Waals surface area (Å²) in [4.78, 5) is 11.0. The lowest BCUT2D eigenvalue weighted by molar-refractivity contribution is -0.138. The smallest absolute Gasteiger partial charge is 0.312 e. The van der Waals surface area contributed by atoms with Gasteiger partial charge >= 0.3 is 5.97 Å². The Morgan fingerprint density at radius 1 is 1.44 bits per heavy atom. The fraction of sp³-hybridized carbons (Fsp3) is 0.300. The molecule has 0 fully saturated rings. The molecule has 88 valence electrons. The summed E-state index contributed by atoms with van der Waals surface area (Å²) in [6.07, 6.45) is 1.04. The van der Waals surface area contributed by atoms with Gasteiger partial charge in [-0.25, -0.2) is 8.42 Å². The highest BCUT2D eigenvalue weighted by molar-refractivity contribution is 7.90. The summed E-state index contributed by atoms with van der Waals surface area (Å²) in [5.41, 5.74) is 5.58. The zero-order valence-electron chi connectivity index (χ0n) is 8.75. The highest BCUT2D eigenvalue weighted by Gasteiger charge is 2.24. The van der Waals surface area contributed by atoms with Crippen molar-refractivity contribution < 1.29 is 18.3 Å². The Morgan fingerprint density at radius 2 is 2.00 bits per heavy atom. The molecular weight excluding hydrogens is 230 g/mol. The van der Waals surface area contributed by atoms with E-state index in [0.717, 1.165) is 6.26 Å². The van der Waals surface area contributed by atoms with E-state index in [9.17, 15) is 13.2 Å². The first-order valence-electron chi connectivity index (χ1n) is 4.59. The maximum atomic E-state index is 11.5. The molecule has 3 N–H and O–H groups in total. The van der Waals surface area contributed by atoms with Crippen LogP contribution < -0.4 is 5.73 Å². The van der Waals surface area contributed by atoms with Crippen LogP contribution in [0, 0.1) is 0 Å². The normalized spacial score (nSPS) is 13.4. The van der Waals surface area contributed by atoms with Gasteiger partial charge in [0.15, 0.2) is 9.84 Å². The quantitative estimate of drug-likeness (QED) is 0.788. The first-order chi connectivity index (χ1) is 7.38. The van der Waals surface area contributed by atoms with Crippen LogP contribution in [0.15, 0.2) is 29.2 Å². The van der Waals surface area contributed by atoms with Crippen LogP contribution in [0.2, 0.25) is 0 Å². The number of hydrogen-bond acceptors (Lipinski definition) is 4. The zero-order chi connectivity index (χ0) is 12.3. The number of carboxylic acids is 1. The van der Waals surface area contributed by atoms with Gasteiger partial charge in [0, 0.05) is 12.8 Å². The van der Waals surface area contributed by atoms with Crippen LogP contribution in [0.4, 0.5) is 0 Å². The van der Waals surface area contributed by atoms with Crippen molar-refractivity contribution in [3.63, 3.8) is 0 Å². The van der Waals surface area contributed by atoms with Crippen LogP contribution in [0.5, 0.6) is 0 Å². The van der Waals surface area contributed by atoms with Crippen molar-refractivity contribution in [3.05, 3.63) is 29.8 Å². The second-order valence-corrected chi connectivity index (χ2v) is 5.42. The monoisotopic (exact) mass is 243 g/mol. The molecule has 0 amide bonds. The number of sulfone groups is 1. The fourth-order valence-electron chi connectivity index (χ4n) is 1.47. The molecule has 0 aliphatic rings. The second-order valence-electron chi connectivity index (χ2n) is 3.44. The number of carbonyl (C=O) groups is 1. The van der Waals surface area contributed by atoms with E-state index in [4.69, 9.17) is 10.8 Å². The molecule has 0 aliphatic heterocycles. The summed E-state index contributed by atoms with van der Waals surface area (Å²) in [5, 5.41) is 8.94. The van der Waals surface area contributed by atoms with Gasteiger partial charge in [-0.1, -0.05) is 18.2 Å². The molecule has 1 aromatic rings. The lowest BCUT2D eigenvalue weighted by Crippen LogP contribution is -2.23. The van der Waals surface area contributed by atoms with Crippen molar-refractivity contribution in [2.75, 3.05) is 12.8 Å². The minimum Gasteiger partial charge on any atom is -0.481 e. The molecule has 1 rings (SSSR count). The Balaban J connectivity index is 3.39. The third kappa shape index (κ3) is 2.59. The van der Waals surface area contributed by atoms with E-state index in [1.807, 2.05) is 0 Å². The lowest BCUT2D eigenvalue weighted by atomic mass is 10.00. The topological polar surface area (TPSA) is 97.5 Å². The fourth-order valence-corrected chi connectivity index (χ4v) is 2.43. The van der Waals surface area contributed by atoms with Crippen LogP contribution in [0.3, 0.4) is 0 Å². The maximum absolute atomic E-state index is 11.5. The van der Waals surface area contributed by atoms with E-state index in [1.54, 1.807) is 12.1 Å². The van der Waals surface area contributed by atoms with Crippen LogP contribution in [-0.2, 0) is 14.6 Å². The van der Waals surface area contributed by atoms with Crippen molar-refractivity contribution in [1.82, 2.24) is 0 Å². The minimum absolute atomic E-state index is 0.0212. The third-order valence-corrected chi connectivity index (χ3v) is 3.40. The summed E-state index contributed by atoms with van der Waals surface area (Å²) in [5.74, 6) is -2.12. The summed E-state index contributed by atoms with van der Waals surface area (Å²) in [6, 6.07) is 6.00. The van der Waals surface area contributed by atoms with Crippen molar-refractivity contribution >= 4 is 15.8 Å². The number of benzene rings is 1. The molecule has 5 nitrogen and oxygen atoms in total. The predicted octanol–water partition coefficient (Wildman–Crippen LogP) is 0.217. The van der Waals surface area contributed by atoms with E-state index in [2.05, 4.69) is 0 Å². The van der Waals surface area contributed by atoms with Gasteiger partial charge < -0.3 is 10.8 Å². The van der Waals surface area contributed by atoms with Gasteiger partial charge in [-0.15, -0.1) is 0 Å². The number of rotatable bonds is 4. The van der Waals surface area contributed by atoms with Crippen molar-refractivity contribution in [1.29, 1.82) is 0 Å². The number of nitrogens with two attached hydrogens (primary N) is 1. The summed E-state index contributed by atoms with van der Waals surface area (Å²) >= 11 is 0. The van der Waals surface area contributed by atoms with Crippen LogP contribution in [0.25, 0.3) is 0 Å². The van der Waals surface area contributed by atoms with Gasteiger partial charge in [0.1, 0.15) is 0 Å². The van der Waals surface area contributed by atoms with E-state index < -0.39 is 21.7 Å². The highest BCUT2D eigenvalue weighted by Crippen LogP contribution is 2.23. The van der Waals surface area contributed by atoms with E-state index in [0.29, 0.717) is 0 Å². The predicted molar refractivity (Wildman–Crippen MR) is 59.0 cm³/mol. The summed E-state index contributed by atoms with van der Waals surface area (Å²) in [6.45, 7) is -0.137. The standard InChI is InChI=1S/C10H13NO4S/c1-16(14,15)9-5-3-2-4-7(9)8(6-11)10(12)13/h2-5,8H,6,11H2,1H3,(H,12,13). The SMILES string of the molecule is CS(=O)(=O)c1ccccc1C(CN)C(=O)O. The molecule has 1 unspecified atom stereocenters. The number of hydrogen-bond donors (Lipinski definition) is 2. The van der Waals surface area contributed by atoms with Crippen LogP contribution in [0.1, 0.15) is 11.5 Å². The largest absolute Gasteiger partial charge is 0.481 e. The Hall–Kier alpha value is -1.40. The van der Waals surface area contributed by atoms with Gasteiger partial charge in [-0.05, 0) is 11.6 Å². The van der Waals surface area contributed by atoms with Crippen LogP contribution >= 0.6 is 0 Å². The van der Waals surface area contributed by atoms with Crippen molar-refractivity contribution in [3.8, 4) is 0 Å². The Morgan fingerprint density at radius 3 is 2.44 bits per heavy atom.